The van der Waals surface area contributed by atoms with Crippen molar-refractivity contribution in [2.24, 2.45) is 0 Å². The minimum Gasteiger partial charge on any atom is -0.462 e. The van der Waals surface area contributed by atoms with Crippen LogP contribution in [-0.4, -0.2) is 9.91 Å². The normalized spacial score (nSPS) is 10.7. The Kier molecular flexibility index (Phi) is 4.03. The smallest absolute Gasteiger partial charge is 0.269 e. The predicted octanol–water partition coefficient (Wildman–Crippen LogP) is 4.60. The quantitative estimate of drug-likeness (QED) is 0.390. The number of nitro benzene ring substituents is 1. The maximum Gasteiger partial charge on any atom is 0.269 e. The topological polar surface area (TPSA) is 69.2 Å². The van der Waals surface area contributed by atoms with Crippen LogP contribution in [0.5, 0.6) is 0 Å². The van der Waals surface area contributed by atoms with Gasteiger partial charge in [0.15, 0.2) is 10.8 Å². The number of hydrogen-bond acceptors (Lipinski definition) is 6. The summed E-state index contributed by atoms with van der Waals surface area (Å²) in [5.41, 5.74) is 1.07. The molecule has 0 N–H and O–H groups in total. The van der Waals surface area contributed by atoms with Crippen LogP contribution in [0.25, 0.3) is 10.8 Å². The van der Waals surface area contributed by atoms with Gasteiger partial charge in [0.25, 0.3) is 5.69 Å². The summed E-state index contributed by atoms with van der Waals surface area (Å²) in [5, 5.41) is 13.4. The number of furan rings is 1. The average Bonchev–Trinajstić information content (AvgIpc) is 3.16. The molecule has 0 radical (unpaired) electrons. The standard InChI is InChI=1S/C14H10N2O3S2/c17-16(18)11-3-5-12(6-4-11)20-8-10-9-21-14(15-10)13-2-1-7-19-13/h1-7,9H,8H2. The number of hydrogen-bond donors (Lipinski definition) is 0. The summed E-state index contributed by atoms with van der Waals surface area (Å²) in [4.78, 5) is 15.7. The molecular weight excluding hydrogens is 308 g/mol. The summed E-state index contributed by atoms with van der Waals surface area (Å²) in [6, 6.07) is 10.2. The number of thioether (sulfide) groups is 1. The van der Waals surface area contributed by atoms with E-state index in [1.54, 1.807) is 41.5 Å². The van der Waals surface area contributed by atoms with Crippen molar-refractivity contribution in [3.8, 4) is 10.8 Å². The number of thiazole rings is 1. The Balaban J connectivity index is 1.64. The second kappa shape index (κ2) is 6.11. The van der Waals surface area contributed by atoms with E-state index in [0.29, 0.717) is 0 Å². The van der Waals surface area contributed by atoms with Crippen LogP contribution in [0.2, 0.25) is 0 Å². The Hall–Kier alpha value is -2.12. The van der Waals surface area contributed by atoms with E-state index in [2.05, 4.69) is 4.98 Å². The molecule has 0 saturated heterocycles. The van der Waals surface area contributed by atoms with E-state index < -0.39 is 4.92 Å². The zero-order valence-corrected chi connectivity index (χ0v) is 12.4. The van der Waals surface area contributed by atoms with Crippen LogP contribution >= 0.6 is 23.1 Å². The highest BCUT2D eigenvalue weighted by atomic mass is 32.2. The maximum absolute atomic E-state index is 10.6. The van der Waals surface area contributed by atoms with Crippen molar-refractivity contribution in [1.29, 1.82) is 0 Å². The Morgan fingerprint density at radius 3 is 2.76 bits per heavy atom. The molecule has 0 aliphatic carbocycles. The van der Waals surface area contributed by atoms with E-state index >= 15 is 0 Å². The van der Waals surface area contributed by atoms with Crippen LogP contribution < -0.4 is 0 Å². The van der Waals surface area contributed by atoms with E-state index in [4.69, 9.17) is 4.42 Å². The first-order valence-corrected chi connectivity index (χ1v) is 7.94. The van der Waals surface area contributed by atoms with E-state index in [1.165, 1.54) is 12.1 Å². The van der Waals surface area contributed by atoms with Gasteiger partial charge in [0.1, 0.15) is 0 Å². The van der Waals surface area contributed by atoms with Gasteiger partial charge in [-0.15, -0.1) is 23.1 Å². The molecule has 0 aliphatic rings. The summed E-state index contributed by atoms with van der Waals surface area (Å²) in [6.07, 6.45) is 1.63. The molecule has 0 saturated carbocycles. The van der Waals surface area contributed by atoms with Gasteiger partial charge in [-0.3, -0.25) is 10.1 Å². The highest BCUT2D eigenvalue weighted by molar-refractivity contribution is 7.98. The van der Waals surface area contributed by atoms with E-state index in [1.807, 2.05) is 17.5 Å². The minimum absolute atomic E-state index is 0.105. The van der Waals surface area contributed by atoms with Crippen LogP contribution in [0.1, 0.15) is 5.69 Å². The van der Waals surface area contributed by atoms with Gasteiger partial charge in [0, 0.05) is 28.2 Å². The number of aromatic nitrogens is 1. The molecule has 3 aromatic rings. The fraction of sp³-hybridized carbons (Fsp3) is 0.0714. The predicted molar refractivity (Wildman–Crippen MR) is 82.5 cm³/mol. The van der Waals surface area contributed by atoms with Crippen molar-refractivity contribution in [1.82, 2.24) is 4.98 Å². The number of nitro groups is 1. The Morgan fingerprint density at radius 1 is 1.29 bits per heavy atom. The SMILES string of the molecule is O=[N+]([O-])c1ccc(SCc2csc(-c3ccco3)n2)cc1. The third kappa shape index (κ3) is 3.32. The molecule has 21 heavy (non-hydrogen) atoms. The minimum atomic E-state index is -0.398. The number of nitrogens with zero attached hydrogens (tertiary/aromatic N) is 2. The van der Waals surface area contributed by atoms with Gasteiger partial charge in [0.05, 0.1) is 16.9 Å². The lowest BCUT2D eigenvalue weighted by Gasteiger charge is -1.99. The Morgan fingerprint density at radius 2 is 2.10 bits per heavy atom. The van der Waals surface area contributed by atoms with Gasteiger partial charge >= 0.3 is 0 Å². The van der Waals surface area contributed by atoms with Crippen LogP contribution in [-0.2, 0) is 5.75 Å². The van der Waals surface area contributed by atoms with Gasteiger partial charge in [-0.05, 0) is 24.3 Å². The van der Waals surface area contributed by atoms with Crippen molar-refractivity contribution in [2.75, 3.05) is 0 Å². The number of rotatable bonds is 5. The zero-order valence-electron chi connectivity index (χ0n) is 10.8. The van der Waals surface area contributed by atoms with E-state index in [0.717, 1.165) is 27.1 Å². The number of benzene rings is 1. The Bertz CT molecular complexity index is 736. The highest BCUT2D eigenvalue weighted by Crippen LogP contribution is 2.28. The second-order valence-corrected chi connectivity index (χ2v) is 6.07. The first kappa shape index (κ1) is 13.8. The molecule has 3 rings (SSSR count). The molecule has 2 aromatic heterocycles. The summed E-state index contributed by atoms with van der Waals surface area (Å²) < 4.78 is 5.31. The second-order valence-electron chi connectivity index (χ2n) is 4.16. The first-order valence-electron chi connectivity index (χ1n) is 6.08. The molecule has 2 heterocycles. The monoisotopic (exact) mass is 318 g/mol. The molecule has 106 valence electrons. The molecule has 7 heteroatoms. The summed E-state index contributed by atoms with van der Waals surface area (Å²) in [7, 11) is 0. The molecule has 0 spiro atoms. The van der Waals surface area contributed by atoms with Crippen molar-refractivity contribution in [3.05, 3.63) is 63.8 Å². The summed E-state index contributed by atoms with van der Waals surface area (Å²) in [5.74, 6) is 1.49. The molecule has 5 nitrogen and oxygen atoms in total. The fourth-order valence-electron chi connectivity index (χ4n) is 1.71. The lowest BCUT2D eigenvalue weighted by Crippen LogP contribution is -1.87. The number of non-ortho nitro benzene ring substituents is 1. The first-order chi connectivity index (χ1) is 10.2. The molecule has 0 atom stereocenters. The Labute approximate surface area is 128 Å². The van der Waals surface area contributed by atoms with Crippen molar-refractivity contribution < 1.29 is 9.34 Å². The molecule has 0 bridgehead atoms. The third-order valence-electron chi connectivity index (χ3n) is 2.72. The third-order valence-corrected chi connectivity index (χ3v) is 4.67. The van der Waals surface area contributed by atoms with Crippen LogP contribution in [0.4, 0.5) is 5.69 Å². The highest BCUT2D eigenvalue weighted by Gasteiger charge is 2.08. The lowest BCUT2D eigenvalue weighted by atomic mass is 10.3. The molecule has 0 fully saturated rings. The summed E-state index contributed by atoms with van der Waals surface area (Å²) >= 11 is 3.14. The largest absolute Gasteiger partial charge is 0.462 e. The van der Waals surface area contributed by atoms with Gasteiger partial charge in [-0.1, -0.05) is 0 Å². The van der Waals surface area contributed by atoms with Crippen molar-refractivity contribution in [2.45, 2.75) is 10.6 Å². The van der Waals surface area contributed by atoms with E-state index in [-0.39, 0.29) is 5.69 Å². The average molecular weight is 318 g/mol. The lowest BCUT2D eigenvalue weighted by molar-refractivity contribution is -0.384. The molecule has 0 aliphatic heterocycles. The molecule has 0 amide bonds. The van der Waals surface area contributed by atoms with E-state index in [9.17, 15) is 10.1 Å². The van der Waals surface area contributed by atoms with Crippen LogP contribution in [0.15, 0.2) is 57.4 Å². The van der Waals surface area contributed by atoms with Gasteiger partial charge in [-0.2, -0.15) is 0 Å². The van der Waals surface area contributed by atoms with Gasteiger partial charge in [-0.25, -0.2) is 4.98 Å². The summed E-state index contributed by atoms with van der Waals surface area (Å²) in [6.45, 7) is 0. The van der Waals surface area contributed by atoms with Gasteiger partial charge < -0.3 is 4.42 Å². The maximum atomic E-state index is 10.6. The fourth-order valence-corrected chi connectivity index (χ4v) is 3.39. The van der Waals surface area contributed by atoms with Crippen molar-refractivity contribution >= 4 is 28.8 Å². The zero-order chi connectivity index (χ0) is 14.7. The van der Waals surface area contributed by atoms with Crippen molar-refractivity contribution in [3.63, 3.8) is 0 Å². The molecule has 1 aromatic carbocycles. The molecule has 0 unspecified atom stereocenters. The molecular formula is C14H10N2O3S2. The van der Waals surface area contributed by atoms with Crippen LogP contribution in [0.3, 0.4) is 0 Å². The van der Waals surface area contributed by atoms with Gasteiger partial charge in [0.2, 0.25) is 0 Å². The van der Waals surface area contributed by atoms with Crippen LogP contribution in [0, 0.1) is 10.1 Å².